The summed E-state index contributed by atoms with van der Waals surface area (Å²) in [5, 5.41) is 0. The number of para-hydroxylation sites is 1. The van der Waals surface area contributed by atoms with Crippen LogP contribution in [0.1, 0.15) is 0 Å². The number of hydrogen-bond donors (Lipinski definition) is 2. The predicted octanol–water partition coefficient (Wildman–Crippen LogP) is 3.52. The Labute approximate surface area is 98.8 Å². The Morgan fingerprint density at radius 1 is 0.938 bits per heavy atom. The molecule has 1 aromatic heterocycles. The normalized spacial score (nSPS) is 10.8. The lowest BCUT2D eigenvalue weighted by atomic mass is 10.2. The molecule has 0 radical (unpaired) electrons. The SMILES string of the molecule is Sc1cccc2[nH]c(-c3ccccc3)nc12. The number of benzene rings is 2. The molecule has 0 aliphatic heterocycles. The highest BCUT2D eigenvalue weighted by atomic mass is 32.1. The van der Waals surface area contributed by atoms with E-state index in [2.05, 4.69) is 22.6 Å². The monoisotopic (exact) mass is 226 g/mol. The Morgan fingerprint density at radius 3 is 2.50 bits per heavy atom. The van der Waals surface area contributed by atoms with Crippen LogP contribution < -0.4 is 0 Å². The summed E-state index contributed by atoms with van der Waals surface area (Å²) in [4.78, 5) is 8.74. The van der Waals surface area contributed by atoms with Gasteiger partial charge in [0.15, 0.2) is 0 Å². The van der Waals surface area contributed by atoms with Gasteiger partial charge in [0, 0.05) is 10.5 Å². The third kappa shape index (κ3) is 1.49. The summed E-state index contributed by atoms with van der Waals surface area (Å²) < 4.78 is 0. The number of H-pyrrole nitrogens is 1. The van der Waals surface area contributed by atoms with Crippen LogP contribution in [0.3, 0.4) is 0 Å². The van der Waals surface area contributed by atoms with E-state index >= 15 is 0 Å². The molecule has 3 heteroatoms. The number of fused-ring (bicyclic) bond motifs is 1. The smallest absolute Gasteiger partial charge is 0.138 e. The average molecular weight is 226 g/mol. The summed E-state index contributed by atoms with van der Waals surface area (Å²) in [6.45, 7) is 0. The van der Waals surface area contributed by atoms with Crippen molar-refractivity contribution in [2.75, 3.05) is 0 Å². The second kappa shape index (κ2) is 3.68. The van der Waals surface area contributed by atoms with Gasteiger partial charge in [-0.15, -0.1) is 12.6 Å². The van der Waals surface area contributed by atoms with E-state index in [1.54, 1.807) is 0 Å². The van der Waals surface area contributed by atoms with Gasteiger partial charge >= 0.3 is 0 Å². The zero-order chi connectivity index (χ0) is 11.0. The van der Waals surface area contributed by atoms with Crippen LogP contribution in [0.5, 0.6) is 0 Å². The molecule has 3 aromatic rings. The van der Waals surface area contributed by atoms with Crippen molar-refractivity contribution in [3.8, 4) is 11.4 Å². The second-order valence-corrected chi connectivity index (χ2v) is 4.11. The predicted molar refractivity (Wildman–Crippen MR) is 68.8 cm³/mol. The van der Waals surface area contributed by atoms with Crippen LogP contribution in [0.2, 0.25) is 0 Å². The molecule has 0 unspecified atom stereocenters. The topological polar surface area (TPSA) is 28.7 Å². The van der Waals surface area contributed by atoms with Crippen LogP contribution in [-0.2, 0) is 0 Å². The maximum absolute atomic E-state index is 4.55. The van der Waals surface area contributed by atoms with Crippen molar-refractivity contribution < 1.29 is 0 Å². The first kappa shape index (κ1) is 9.48. The number of imidazole rings is 1. The zero-order valence-electron chi connectivity index (χ0n) is 8.51. The summed E-state index contributed by atoms with van der Waals surface area (Å²) in [6, 6.07) is 16.0. The second-order valence-electron chi connectivity index (χ2n) is 3.62. The van der Waals surface area contributed by atoms with E-state index in [-0.39, 0.29) is 0 Å². The Hall–Kier alpha value is -1.74. The molecule has 3 rings (SSSR count). The minimum Gasteiger partial charge on any atom is -0.338 e. The first-order valence-electron chi connectivity index (χ1n) is 5.08. The molecular weight excluding hydrogens is 216 g/mol. The van der Waals surface area contributed by atoms with Gasteiger partial charge in [-0.2, -0.15) is 0 Å². The van der Waals surface area contributed by atoms with E-state index < -0.39 is 0 Å². The lowest BCUT2D eigenvalue weighted by Gasteiger charge is -1.93. The summed E-state index contributed by atoms with van der Waals surface area (Å²) in [7, 11) is 0. The van der Waals surface area contributed by atoms with Gasteiger partial charge in [0.2, 0.25) is 0 Å². The van der Waals surface area contributed by atoms with Crippen LogP contribution in [0.15, 0.2) is 53.4 Å². The third-order valence-electron chi connectivity index (χ3n) is 2.54. The van der Waals surface area contributed by atoms with Gasteiger partial charge in [-0.3, -0.25) is 0 Å². The molecule has 0 bridgehead atoms. The van der Waals surface area contributed by atoms with Crippen LogP contribution in [0, 0.1) is 0 Å². The summed E-state index contributed by atoms with van der Waals surface area (Å²) in [6.07, 6.45) is 0. The molecule has 0 amide bonds. The lowest BCUT2D eigenvalue weighted by Crippen LogP contribution is -1.78. The number of hydrogen-bond acceptors (Lipinski definition) is 2. The Kier molecular flexibility index (Phi) is 2.18. The molecule has 0 fully saturated rings. The third-order valence-corrected chi connectivity index (χ3v) is 2.90. The maximum Gasteiger partial charge on any atom is 0.138 e. The number of rotatable bonds is 1. The summed E-state index contributed by atoms with van der Waals surface area (Å²) in [5.74, 6) is 0.886. The van der Waals surface area contributed by atoms with E-state index in [1.165, 1.54) is 0 Å². The van der Waals surface area contributed by atoms with Crippen molar-refractivity contribution in [1.29, 1.82) is 0 Å². The standard InChI is InChI=1S/C13H10N2S/c16-11-8-4-7-10-12(11)15-13(14-10)9-5-2-1-3-6-9/h1-8,16H,(H,14,15). The van der Waals surface area contributed by atoms with Crippen molar-refractivity contribution in [2.45, 2.75) is 4.90 Å². The zero-order valence-corrected chi connectivity index (χ0v) is 9.41. The Balaban J connectivity index is 2.23. The molecular formula is C13H10N2S. The quantitative estimate of drug-likeness (QED) is 0.611. The molecule has 0 saturated carbocycles. The van der Waals surface area contributed by atoms with Crippen molar-refractivity contribution in [2.24, 2.45) is 0 Å². The Morgan fingerprint density at radius 2 is 1.75 bits per heavy atom. The fourth-order valence-corrected chi connectivity index (χ4v) is 2.01. The Bertz CT molecular complexity index is 629. The van der Waals surface area contributed by atoms with E-state index in [0.717, 1.165) is 27.3 Å². The van der Waals surface area contributed by atoms with Crippen molar-refractivity contribution in [3.63, 3.8) is 0 Å². The van der Waals surface area contributed by atoms with Gasteiger partial charge in [-0.25, -0.2) is 4.98 Å². The molecule has 0 spiro atoms. The van der Waals surface area contributed by atoms with Gasteiger partial charge in [-0.1, -0.05) is 36.4 Å². The molecule has 0 saturated heterocycles. The van der Waals surface area contributed by atoms with E-state index in [1.807, 2.05) is 48.5 Å². The summed E-state index contributed by atoms with van der Waals surface area (Å²) >= 11 is 4.39. The van der Waals surface area contributed by atoms with Crippen molar-refractivity contribution in [1.82, 2.24) is 9.97 Å². The van der Waals surface area contributed by atoms with Gasteiger partial charge < -0.3 is 4.98 Å². The molecule has 78 valence electrons. The largest absolute Gasteiger partial charge is 0.338 e. The lowest BCUT2D eigenvalue weighted by molar-refractivity contribution is 1.33. The fraction of sp³-hybridized carbons (Fsp3) is 0. The minimum atomic E-state index is 0.886. The number of aromatic amines is 1. The van der Waals surface area contributed by atoms with E-state index in [4.69, 9.17) is 0 Å². The minimum absolute atomic E-state index is 0.886. The molecule has 1 N–H and O–H groups in total. The maximum atomic E-state index is 4.55. The molecule has 0 aliphatic rings. The van der Waals surface area contributed by atoms with Gasteiger partial charge in [0.25, 0.3) is 0 Å². The van der Waals surface area contributed by atoms with Gasteiger partial charge in [0.1, 0.15) is 11.3 Å². The van der Waals surface area contributed by atoms with E-state index in [9.17, 15) is 0 Å². The molecule has 0 aliphatic carbocycles. The van der Waals surface area contributed by atoms with Gasteiger partial charge in [0.05, 0.1) is 5.52 Å². The highest BCUT2D eigenvalue weighted by Crippen LogP contribution is 2.24. The molecule has 16 heavy (non-hydrogen) atoms. The van der Waals surface area contributed by atoms with Crippen LogP contribution in [0.4, 0.5) is 0 Å². The first-order valence-corrected chi connectivity index (χ1v) is 5.52. The number of nitrogens with one attached hydrogen (secondary N) is 1. The van der Waals surface area contributed by atoms with Crippen LogP contribution in [-0.4, -0.2) is 9.97 Å². The van der Waals surface area contributed by atoms with Crippen LogP contribution >= 0.6 is 12.6 Å². The van der Waals surface area contributed by atoms with Crippen molar-refractivity contribution >= 4 is 23.7 Å². The number of aromatic nitrogens is 2. The molecule has 2 aromatic carbocycles. The molecule has 2 nitrogen and oxygen atoms in total. The number of nitrogens with zero attached hydrogens (tertiary/aromatic N) is 1. The van der Waals surface area contributed by atoms with Crippen molar-refractivity contribution in [3.05, 3.63) is 48.5 Å². The number of thiol groups is 1. The molecule has 1 heterocycles. The highest BCUT2D eigenvalue weighted by Gasteiger charge is 2.06. The first-order chi connectivity index (χ1) is 7.84. The summed E-state index contributed by atoms with van der Waals surface area (Å²) in [5.41, 5.74) is 3.03. The van der Waals surface area contributed by atoms with Crippen LogP contribution in [0.25, 0.3) is 22.4 Å². The highest BCUT2D eigenvalue weighted by molar-refractivity contribution is 7.80. The molecule has 0 atom stereocenters. The van der Waals surface area contributed by atoms with E-state index in [0.29, 0.717) is 0 Å². The van der Waals surface area contributed by atoms with Gasteiger partial charge in [-0.05, 0) is 12.1 Å². The average Bonchev–Trinajstić information content (AvgIpc) is 2.76. The fourth-order valence-electron chi connectivity index (χ4n) is 1.75.